The third-order valence-corrected chi connectivity index (χ3v) is 6.15. The van der Waals surface area contributed by atoms with Crippen LogP contribution in [-0.2, 0) is 9.59 Å². The van der Waals surface area contributed by atoms with Crippen molar-refractivity contribution in [2.45, 2.75) is 26.8 Å². The monoisotopic (exact) mass is 398 g/mol. The first kappa shape index (κ1) is 20.3. The zero-order valence-corrected chi connectivity index (χ0v) is 17.3. The maximum absolute atomic E-state index is 12.9. The Kier molecular flexibility index (Phi) is 6.31. The summed E-state index contributed by atoms with van der Waals surface area (Å²) in [4.78, 5) is 30.4. The maximum atomic E-state index is 12.9. The van der Waals surface area contributed by atoms with Crippen LogP contribution in [0.2, 0.25) is 0 Å². The van der Waals surface area contributed by atoms with Gasteiger partial charge >= 0.3 is 0 Å². The molecule has 1 aromatic carbocycles. The molecule has 0 bridgehead atoms. The van der Waals surface area contributed by atoms with Crippen LogP contribution in [-0.4, -0.2) is 52.8 Å². The Morgan fingerprint density at radius 2 is 1.82 bits per heavy atom. The Labute approximate surface area is 169 Å². The normalized spacial score (nSPS) is 19.0. The summed E-state index contributed by atoms with van der Waals surface area (Å²) in [7, 11) is 0. The largest absolute Gasteiger partial charge is 0.507 e. The van der Waals surface area contributed by atoms with Crippen molar-refractivity contribution in [1.29, 1.82) is 0 Å². The van der Waals surface area contributed by atoms with Crippen molar-refractivity contribution in [1.82, 2.24) is 9.80 Å². The van der Waals surface area contributed by atoms with Gasteiger partial charge in [-0.1, -0.05) is 49.7 Å². The van der Waals surface area contributed by atoms with Crippen LogP contribution in [0, 0.1) is 6.92 Å². The lowest BCUT2D eigenvalue weighted by Gasteiger charge is -2.27. The van der Waals surface area contributed by atoms with Crippen LogP contribution in [0.4, 0.5) is 0 Å². The second kappa shape index (κ2) is 8.71. The maximum Gasteiger partial charge on any atom is 0.295 e. The quantitative estimate of drug-likeness (QED) is 0.438. The number of ketones is 1. The van der Waals surface area contributed by atoms with E-state index in [0.29, 0.717) is 18.7 Å². The number of nitrogens with zero attached hydrogens (tertiary/aromatic N) is 2. The van der Waals surface area contributed by atoms with Crippen LogP contribution < -0.4 is 0 Å². The number of aryl methyl sites for hydroxylation is 1. The number of aliphatic hydroxyl groups is 1. The molecule has 6 heteroatoms. The Morgan fingerprint density at radius 1 is 1.14 bits per heavy atom. The summed E-state index contributed by atoms with van der Waals surface area (Å²) in [5.41, 5.74) is 1.79. The highest BCUT2D eigenvalue weighted by Gasteiger charge is 2.46. The zero-order chi connectivity index (χ0) is 20.3. The SMILES string of the molecule is CCN(CC)CCN1C(=O)C(=O)C(=C(O)c2ccc(C)cc2)[C@@H]1c1cccs1. The molecule has 0 spiro atoms. The van der Waals surface area contributed by atoms with Crippen molar-refractivity contribution in [3.63, 3.8) is 0 Å². The molecule has 1 aromatic heterocycles. The summed E-state index contributed by atoms with van der Waals surface area (Å²) in [6, 6.07) is 10.6. The van der Waals surface area contributed by atoms with Gasteiger partial charge in [-0.15, -0.1) is 11.3 Å². The Bertz CT molecular complexity index is 868. The highest BCUT2D eigenvalue weighted by atomic mass is 32.1. The van der Waals surface area contributed by atoms with Gasteiger partial charge in [-0.2, -0.15) is 0 Å². The summed E-state index contributed by atoms with van der Waals surface area (Å²) in [6.07, 6.45) is 0. The summed E-state index contributed by atoms with van der Waals surface area (Å²) < 4.78 is 0. The number of hydrogen-bond acceptors (Lipinski definition) is 5. The van der Waals surface area contributed by atoms with Crippen molar-refractivity contribution in [3.05, 3.63) is 63.4 Å². The van der Waals surface area contributed by atoms with Gasteiger partial charge in [0, 0.05) is 23.5 Å². The van der Waals surface area contributed by atoms with E-state index in [1.807, 2.05) is 36.6 Å². The molecule has 0 unspecified atom stereocenters. The van der Waals surface area contributed by atoms with Crippen LogP contribution in [0.5, 0.6) is 0 Å². The van der Waals surface area contributed by atoms with Gasteiger partial charge in [0.25, 0.3) is 11.7 Å². The Hall–Kier alpha value is -2.44. The van der Waals surface area contributed by atoms with E-state index < -0.39 is 17.7 Å². The van der Waals surface area contributed by atoms with Crippen LogP contribution >= 0.6 is 11.3 Å². The molecule has 0 aliphatic carbocycles. The summed E-state index contributed by atoms with van der Waals surface area (Å²) in [6.45, 7) is 9.01. The fourth-order valence-electron chi connectivity index (χ4n) is 3.51. The molecule has 2 heterocycles. The number of hydrogen-bond donors (Lipinski definition) is 1. The predicted molar refractivity (Wildman–Crippen MR) is 112 cm³/mol. The fraction of sp³-hybridized carbons (Fsp3) is 0.364. The van der Waals surface area contributed by atoms with Crippen LogP contribution in [0.3, 0.4) is 0 Å². The van der Waals surface area contributed by atoms with Crippen molar-refractivity contribution in [3.8, 4) is 0 Å². The molecular formula is C22H26N2O3S. The highest BCUT2D eigenvalue weighted by molar-refractivity contribution is 7.10. The first-order valence-electron chi connectivity index (χ1n) is 9.59. The smallest absolute Gasteiger partial charge is 0.295 e. The lowest BCUT2D eigenvalue weighted by atomic mass is 9.99. The molecule has 0 saturated carbocycles. The lowest BCUT2D eigenvalue weighted by Crippen LogP contribution is -2.37. The topological polar surface area (TPSA) is 60.9 Å². The van der Waals surface area contributed by atoms with E-state index in [9.17, 15) is 14.7 Å². The minimum absolute atomic E-state index is 0.109. The summed E-state index contributed by atoms with van der Waals surface area (Å²) in [5, 5.41) is 12.9. The average Bonchev–Trinajstić information content (AvgIpc) is 3.31. The molecular weight excluding hydrogens is 372 g/mol. The summed E-state index contributed by atoms with van der Waals surface area (Å²) in [5.74, 6) is -1.27. The van der Waals surface area contributed by atoms with Crippen LogP contribution in [0.15, 0.2) is 47.4 Å². The van der Waals surface area contributed by atoms with E-state index in [1.165, 1.54) is 11.3 Å². The number of likely N-dealkylation sites (N-methyl/N-ethyl adjacent to an activating group) is 1. The van der Waals surface area contributed by atoms with Crippen molar-refractivity contribution >= 4 is 28.8 Å². The third-order valence-electron chi connectivity index (χ3n) is 5.23. The van der Waals surface area contributed by atoms with E-state index in [2.05, 4.69) is 18.7 Å². The fourth-order valence-corrected chi connectivity index (χ4v) is 4.35. The number of carbonyl (C=O) groups is 2. The van der Waals surface area contributed by atoms with Crippen LogP contribution in [0.25, 0.3) is 5.76 Å². The minimum Gasteiger partial charge on any atom is -0.507 e. The minimum atomic E-state index is -0.615. The van der Waals surface area contributed by atoms with Crippen LogP contribution in [0.1, 0.15) is 35.9 Å². The van der Waals surface area contributed by atoms with Crippen molar-refractivity contribution in [2.24, 2.45) is 0 Å². The first-order chi connectivity index (χ1) is 13.5. The van der Waals surface area contributed by atoms with Gasteiger partial charge in [-0.05, 0) is 31.5 Å². The van der Waals surface area contributed by atoms with Gasteiger partial charge in [0.1, 0.15) is 5.76 Å². The molecule has 0 radical (unpaired) electrons. The third kappa shape index (κ3) is 3.88. The van der Waals surface area contributed by atoms with E-state index in [1.54, 1.807) is 17.0 Å². The molecule has 148 valence electrons. The molecule has 28 heavy (non-hydrogen) atoms. The molecule has 1 saturated heterocycles. The summed E-state index contributed by atoms with van der Waals surface area (Å²) >= 11 is 1.49. The second-order valence-electron chi connectivity index (χ2n) is 6.90. The Morgan fingerprint density at radius 3 is 2.39 bits per heavy atom. The van der Waals surface area contributed by atoms with E-state index >= 15 is 0 Å². The number of aliphatic hydroxyl groups excluding tert-OH is 1. The second-order valence-corrected chi connectivity index (χ2v) is 7.88. The number of amides is 1. The van der Waals surface area contributed by atoms with E-state index in [-0.39, 0.29) is 11.3 Å². The number of benzene rings is 1. The van der Waals surface area contributed by atoms with Gasteiger partial charge in [-0.3, -0.25) is 9.59 Å². The molecule has 1 aliphatic heterocycles. The molecule has 1 N–H and O–H groups in total. The standard InChI is InChI=1S/C22H26N2O3S/c1-4-23(5-2)12-13-24-19(17-7-6-14-28-17)18(21(26)22(24)27)20(25)16-10-8-15(3)9-11-16/h6-11,14,19,25H,4-5,12-13H2,1-3H3/t19-/m0/s1. The lowest BCUT2D eigenvalue weighted by molar-refractivity contribution is -0.140. The molecule has 1 fully saturated rings. The van der Waals surface area contributed by atoms with Gasteiger partial charge in [0.15, 0.2) is 0 Å². The predicted octanol–water partition coefficient (Wildman–Crippen LogP) is 3.82. The van der Waals surface area contributed by atoms with Gasteiger partial charge in [0.2, 0.25) is 0 Å². The van der Waals surface area contributed by atoms with Gasteiger partial charge in [-0.25, -0.2) is 0 Å². The zero-order valence-electron chi connectivity index (χ0n) is 16.5. The molecule has 1 atom stereocenters. The number of thiophene rings is 1. The van der Waals surface area contributed by atoms with Gasteiger partial charge < -0.3 is 14.9 Å². The van der Waals surface area contributed by atoms with Crippen molar-refractivity contribution in [2.75, 3.05) is 26.2 Å². The number of Topliss-reactive ketones (excluding diaryl/α,β-unsaturated/α-hetero) is 1. The molecule has 2 aromatic rings. The molecule has 1 aliphatic rings. The molecule has 5 nitrogen and oxygen atoms in total. The molecule has 3 rings (SSSR count). The van der Waals surface area contributed by atoms with Crippen molar-refractivity contribution < 1.29 is 14.7 Å². The average molecular weight is 399 g/mol. The van der Waals surface area contributed by atoms with E-state index in [4.69, 9.17) is 0 Å². The highest BCUT2D eigenvalue weighted by Crippen LogP contribution is 2.40. The number of likely N-dealkylation sites (tertiary alicyclic amines) is 1. The number of carbonyl (C=O) groups excluding carboxylic acids is 2. The van der Waals surface area contributed by atoms with Gasteiger partial charge in [0.05, 0.1) is 11.6 Å². The van der Waals surface area contributed by atoms with E-state index in [0.717, 1.165) is 23.5 Å². The first-order valence-corrected chi connectivity index (χ1v) is 10.5. The molecule has 1 amide bonds. The number of rotatable bonds is 7. The Balaban J connectivity index is 2.03.